The average Bonchev–Trinajstić information content (AvgIpc) is 2.51. The molecule has 0 aliphatic heterocycles. The quantitative estimate of drug-likeness (QED) is 0.499. The van der Waals surface area contributed by atoms with Gasteiger partial charge in [-0.3, -0.25) is 15.5 Å². The van der Waals surface area contributed by atoms with E-state index in [0.29, 0.717) is 12.1 Å². The van der Waals surface area contributed by atoms with Crippen LogP contribution in [0, 0.1) is 17.0 Å². The largest absolute Gasteiger partial charge is 0.508 e. The average molecular weight is 299 g/mol. The number of hydrogen-bond acceptors (Lipinski definition) is 5. The molecule has 0 bridgehead atoms. The minimum Gasteiger partial charge on any atom is -0.508 e. The van der Waals surface area contributed by atoms with Gasteiger partial charge in [-0.2, -0.15) is 5.10 Å². The molecule has 0 aliphatic rings. The number of nitro groups is 1. The van der Waals surface area contributed by atoms with E-state index in [1.165, 1.54) is 12.1 Å². The van der Waals surface area contributed by atoms with E-state index in [2.05, 4.69) is 10.5 Å². The smallest absolute Gasteiger partial charge is 0.269 e. The number of benzene rings is 2. The molecule has 0 fully saturated rings. The first-order valence-corrected chi connectivity index (χ1v) is 6.88. The molecule has 114 valence electrons. The van der Waals surface area contributed by atoms with Crippen molar-refractivity contribution in [1.29, 1.82) is 0 Å². The molecule has 0 aliphatic carbocycles. The molecule has 0 heterocycles. The van der Waals surface area contributed by atoms with Gasteiger partial charge in [-0.05, 0) is 54.8 Å². The van der Waals surface area contributed by atoms with Gasteiger partial charge in [0.1, 0.15) is 5.75 Å². The zero-order valence-electron chi connectivity index (χ0n) is 12.4. The number of phenolic OH excluding ortho intramolecular Hbond substituents is 1. The van der Waals surface area contributed by atoms with Crippen molar-refractivity contribution >= 4 is 17.1 Å². The van der Waals surface area contributed by atoms with Crippen LogP contribution in [0.4, 0.5) is 11.4 Å². The molecule has 0 aromatic heterocycles. The Labute approximate surface area is 128 Å². The maximum atomic E-state index is 10.6. The first kappa shape index (κ1) is 15.5. The Morgan fingerprint density at radius 1 is 1.27 bits per heavy atom. The van der Waals surface area contributed by atoms with E-state index in [9.17, 15) is 15.2 Å². The van der Waals surface area contributed by atoms with Gasteiger partial charge in [0.25, 0.3) is 5.69 Å². The molecule has 2 rings (SSSR count). The van der Waals surface area contributed by atoms with Gasteiger partial charge >= 0.3 is 0 Å². The summed E-state index contributed by atoms with van der Waals surface area (Å²) in [5, 5.41) is 24.5. The highest BCUT2D eigenvalue weighted by Crippen LogP contribution is 2.19. The number of nitrogens with zero attached hydrogens (tertiary/aromatic N) is 2. The molecular formula is C16H17N3O3. The van der Waals surface area contributed by atoms with E-state index in [1.807, 2.05) is 26.0 Å². The number of aryl methyl sites for hydroxylation is 1. The molecular weight excluding hydrogens is 282 g/mol. The van der Waals surface area contributed by atoms with Crippen molar-refractivity contribution in [2.75, 3.05) is 5.43 Å². The molecule has 0 saturated heterocycles. The van der Waals surface area contributed by atoms with Crippen molar-refractivity contribution in [2.24, 2.45) is 5.10 Å². The van der Waals surface area contributed by atoms with Gasteiger partial charge in [0.05, 0.1) is 16.3 Å². The highest BCUT2D eigenvalue weighted by Gasteiger charge is 2.06. The highest BCUT2D eigenvalue weighted by atomic mass is 16.6. The molecule has 0 amide bonds. The summed E-state index contributed by atoms with van der Waals surface area (Å²) in [6.07, 6.45) is 0.712. The Kier molecular flexibility index (Phi) is 4.73. The molecule has 0 spiro atoms. The highest BCUT2D eigenvalue weighted by molar-refractivity contribution is 6.01. The number of hydrazone groups is 1. The van der Waals surface area contributed by atoms with E-state index in [-0.39, 0.29) is 11.4 Å². The van der Waals surface area contributed by atoms with Crippen LogP contribution in [0.15, 0.2) is 47.6 Å². The summed E-state index contributed by atoms with van der Waals surface area (Å²) >= 11 is 0. The maximum Gasteiger partial charge on any atom is 0.269 e. The van der Waals surface area contributed by atoms with Gasteiger partial charge in [-0.15, -0.1) is 0 Å². The number of rotatable bonds is 5. The number of aromatic hydroxyl groups is 1. The second-order valence-corrected chi connectivity index (χ2v) is 4.83. The van der Waals surface area contributed by atoms with Crippen molar-refractivity contribution in [3.8, 4) is 5.75 Å². The van der Waals surface area contributed by atoms with Crippen molar-refractivity contribution < 1.29 is 10.0 Å². The van der Waals surface area contributed by atoms with Crippen molar-refractivity contribution in [3.05, 3.63) is 63.7 Å². The summed E-state index contributed by atoms with van der Waals surface area (Å²) < 4.78 is 0. The topological polar surface area (TPSA) is 87.8 Å². The van der Waals surface area contributed by atoms with Gasteiger partial charge in [0, 0.05) is 12.1 Å². The fraction of sp³-hybridized carbons (Fsp3) is 0.188. The lowest BCUT2D eigenvalue weighted by Crippen LogP contribution is -2.03. The fourth-order valence-corrected chi connectivity index (χ4v) is 1.97. The molecule has 0 unspecified atom stereocenters. The zero-order chi connectivity index (χ0) is 16.1. The van der Waals surface area contributed by atoms with Crippen molar-refractivity contribution in [1.82, 2.24) is 0 Å². The number of nitro benzene ring substituents is 1. The maximum absolute atomic E-state index is 10.6. The van der Waals surface area contributed by atoms with Gasteiger partial charge < -0.3 is 5.11 Å². The third-order valence-electron chi connectivity index (χ3n) is 3.26. The summed E-state index contributed by atoms with van der Waals surface area (Å²) in [5.74, 6) is 0.252. The van der Waals surface area contributed by atoms with Crippen LogP contribution in [0.2, 0.25) is 0 Å². The minimum atomic E-state index is -0.441. The van der Waals surface area contributed by atoms with E-state index in [1.54, 1.807) is 18.2 Å². The summed E-state index contributed by atoms with van der Waals surface area (Å²) in [4.78, 5) is 10.2. The standard InChI is InChI=1S/C16H17N3O3/c1-3-15(12-4-9-16(20)11(2)10-12)18-17-13-5-7-14(8-6-13)19(21)22/h4-10,17,20H,3H2,1-2H3/b18-15+. The van der Waals surface area contributed by atoms with Gasteiger partial charge in [0.15, 0.2) is 0 Å². The molecule has 2 aromatic carbocycles. The Hall–Kier alpha value is -2.89. The molecule has 2 aromatic rings. The van der Waals surface area contributed by atoms with Crippen LogP contribution in [0.5, 0.6) is 5.75 Å². The predicted octanol–water partition coefficient (Wildman–Crippen LogP) is 3.84. The Morgan fingerprint density at radius 2 is 1.95 bits per heavy atom. The van der Waals surface area contributed by atoms with Crippen LogP contribution < -0.4 is 5.43 Å². The molecule has 6 nitrogen and oxygen atoms in total. The third-order valence-corrected chi connectivity index (χ3v) is 3.26. The summed E-state index contributed by atoms with van der Waals surface area (Å²) in [5.41, 5.74) is 6.16. The van der Waals surface area contributed by atoms with Crippen molar-refractivity contribution in [3.63, 3.8) is 0 Å². The van der Waals surface area contributed by atoms with Crippen molar-refractivity contribution in [2.45, 2.75) is 20.3 Å². The van der Waals surface area contributed by atoms with Gasteiger partial charge in [-0.1, -0.05) is 6.92 Å². The van der Waals surface area contributed by atoms with E-state index < -0.39 is 4.92 Å². The van der Waals surface area contributed by atoms with E-state index >= 15 is 0 Å². The van der Waals surface area contributed by atoms with Crippen LogP contribution in [-0.4, -0.2) is 15.7 Å². The zero-order valence-corrected chi connectivity index (χ0v) is 12.4. The first-order chi connectivity index (χ1) is 10.5. The summed E-state index contributed by atoms with van der Waals surface area (Å²) in [6.45, 7) is 3.81. The van der Waals surface area contributed by atoms with Crippen LogP contribution in [0.1, 0.15) is 24.5 Å². The predicted molar refractivity (Wildman–Crippen MR) is 86.4 cm³/mol. The lowest BCUT2D eigenvalue weighted by molar-refractivity contribution is -0.384. The number of phenols is 1. The Morgan fingerprint density at radius 3 is 2.50 bits per heavy atom. The van der Waals surface area contributed by atoms with Crippen LogP contribution in [0.3, 0.4) is 0 Å². The number of non-ortho nitro benzene ring substituents is 1. The molecule has 2 N–H and O–H groups in total. The summed E-state index contributed by atoms with van der Waals surface area (Å²) in [6, 6.07) is 11.4. The second kappa shape index (κ2) is 6.71. The molecule has 0 saturated carbocycles. The number of hydrogen-bond donors (Lipinski definition) is 2. The molecule has 6 heteroatoms. The SMILES string of the molecule is CC/C(=N\Nc1ccc([N+](=O)[O-])cc1)c1ccc(O)c(C)c1. The number of nitrogens with one attached hydrogen (secondary N) is 1. The van der Waals surface area contributed by atoms with E-state index in [0.717, 1.165) is 16.8 Å². The van der Waals surface area contributed by atoms with Gasteiger partial charge in [-0.25, -0.2) is 0 Å². The van der Waals surface area contributed by atoms with Crippen LogP contribution >= 0.6 is 0 Å². The molecule has 0 radical (unpaired) electrons. The fourth-order valence-electron chi connectivity index (χ4n) is 1.97. The molecule has 22 heavy (non-hydrogen) atoms. The minimum absolute atomic E-state index is 0.0411. The van der Waals surface area contributed by atoms with E-state index in [4.69, 9.17) is 0 Å². The third kappa shape index (κ3) is 3.60. The van der Waals surface area contributed by atoms with Crippen LogP contribution in [0.25, 0.3) is 0 Å². The monoisotopic (exact) mass is 299 g/mol. The Balaban J connectivity index is 2.18. The lowest BCUT2D eigenvalue weighted by atomic mass is 10.1. The molecule has 0 atom stereocenters. The second-order valence-electron chi connectivity index (χ2n) is 4.83. The normalized spacial score (nSPS) is 11.3. The number of anilines is 1. The first-order valence-electron chi connectivity index (χ1n) is 6.88. The lowest BCUT2D eigenvalue weighted by Gasteiger charge is -2.08. The van der Waals surface area contributed by atoms with Gasteiger partial charge in [0.2, 0.25) is 0 Å². The summed E-state index contributed by atoms with van der Waals surface area (Å²) in [7, 11) is 0. The van der Waals surface area contributed by atoms with Crippen LogP contribution in [-0.2, 0) is 0 Å². The Bertz CT molecular complexity index is 709.